The summed E-state index contributed by atoms with van der Waals surface area (Å²) in [5, 5.41) is 9.93. The Kier molecular flexibility index (Phi) is 2.16. The van der Waals surface area contributed by atoms with Crippen LogP contribution in [-0.4, -0.2) is 23.3 Å². The van der Waals surface area contributed by atoms with E-state index in [4.69, 9.17) is 4.74 Å². The molecule has 2 rings (SSSR count). The van der Waals surface area contributed by atoms with Gasteiger partial charge in [-0.3, -0.25) is 4.79 Å². The molecular weight excluding hydrogens is 192 g/mol. The normalized spacial score (nSPS) is 46.9. The number of hydrogen-bond acceptors (Lipinski definition) is 3. The summed E-state index contributed by atoms with van der Waals surface area (Å²) >= 11 is 0. The highest BCUT2D eigenvalue weighted by atomic mass is 16.5. The molecule has 0 saturated heterocycles. The molecule has 3 nitrogen and oxygen atoms in total. The minimum absolute atomic E-state index is 0.0285. The van der Waals surface area contributed by atoms with E-state index in [-0.39, 0.29) is 34.9 Å². The third-order valence-corrected chi connectivity index (χ3v) is 4.37. The fraction of sp³-hybridized carbons (Fsp3) is 0.917. The largest absolute Gasteiger partial charge is 0.461 e. The van der Waals surface area contributed by atoms with Crippen LogP contribution >= 0.6 is 0 Å². The lowest BCUT2D eigenvalue weighted by molar-refractivity contribution is -0.166. The molecule has 2 aliphatic rings. The summed E-state index contributed by atoms with van der Waals surface area (Å²) in [5.41, 5.74) is -0.128. The highest BCUT2D eigenvalue weighted by Gasteiger charge is 2.64. The molecule has 2 saturated carbocycles. The van der Waals surface area contributed by atoms with Gasteiger partial charge in [0.2, 0.25) is 0 Å². The summed E-state index contributed by atoms with van der Waals surface area (Å²) in [6.45, 7) is 7.78. The quantitative estimate of drug-likeness (QED) is 0.673. The van der Waals surface area contributed by atoms with Crippen LogP contribution in [0.5, 0.6) is 0 Å². The van der Waals surface area contributed by atoms with Crippen LogP contribution in [0.2, 0.25) is 0 Å². The number of aliphatic hydroxyl groups is 1. The van der Waals surface area contributed by atoms with E-state index in [1.165, 1.54) is 6.92 Å². The van der Waals surface area contributed by atoms with Crippen LogP contribution in [0.1, 0.15) is 40.5 Å². The average Bonchev–Trinajstić information content (AvgIpc) is 2.45. The van der Waals surface area contributed by atoms with Crippen molar-refractivity contribution in [2.45, 2.75) is 52.7 Å². The Labute approximate surface area is 90.8 Å². The zero-order valence-electron chi connectivity index (χ0n) is 9.91. The van der Waals surface area contributed by atoms with Gasteiger partial charge in [-0.15, -0.1) is 0 Å². The molecule has 0 spiro atoms. The van der Waals surface area contributed by atoms with Gasteiger partial charge in [0.1, 0.15) is 6.10 Å². The smallest absolute Gasteiger partial charge is 0.302 e. The van der Waals surface area contributed by atoms with Crippen molar-refractivity contribution in [1.29, 1.82) is 0 Å². The minimum Gasteiger partial charge on any atom is -0.461 e. The molecule has 0 heterocycles. The maximum absolute atomic E-state index is 11.1. The first kappa shape index (κ1) is 10.9. The molecule has 86 valence electrons. The lowest BCUT2D eigenvalue weighted by Gasteiger charge is -2.43. The SMILES string of the molecule is CC(=O)OC1C2(C)CC(O)C(C2)C1(C)C. The Morgan fingerprint density at radius 1 is 1.33 bits per heavy atom. The van der Waals surface area contributed by atoms with Crippen molar-refractivity contribution >= 4 is 5.97 Å². The molecule has 0 aromatic rings. The summed E-state index contributed by atoms with van der Waals surface area (Å²) in [7, 11) is 0. The fourth-order valence-corrected chi connectivity index (χ4v) is 3.87. The third-order valence-electron chi connectivity index (χ3n) is 4.37. The van der Waals surface area contributed by atoms with Gasteiger partial charge in [-0.25, -0.2) is 0 Å². The number of aliphatic hydroxyl groups excluding tert-OH is 1. The summed E-state index contributed by atoms with van der Waals surface area (Å²) < 4.78 is 5.46. The van der Waals surface area contributed by atoms with Gasteiger partial charge in [-0.05, 0) is 18.8 Å². The van der Waals surface area contributed by atoms with Crippen molar-refractivity contribution in [3.8, 4) is 0 Å². The van der Waals surface area contributed by atoms with Gasteiger partial charge in [0.05, 0.1) is 6.10 Å². The lowest BCUT2D eigenvalue weighted by Crippen LogP contribution is -2.47. The third kappa shape index (κ3) is 1.40. The fourth-order valence-electron chi connectivity index (χ4n) is 3.87. The summed E-state index contributed by atoms with van der Waals surface area (Å²) in [4.78, 5) is 11.1. The first-order valence-corrected chi connectivity index (χ1v) is 5.63. The molecule has 2 aliphatic carbocycles. The van der Waals surface area contributed by atoms with Crippen molar-refractivity contribution in [2.24, 2.45) is 16.7 Å². The molecule has 0 aliphatic heterocycles. The summed E-state index contributed by atoms with van der Waals surface area (Å²) in [6, 6.07) is 0. The number of esters is 1. The van der Waals surface area contributed by atoms with Crippen molar-refractivity contribution in [1.82, 2.24) is 0 Å². The number of fused-ring (bicyclic) bond motifs is 2. The van der Waals surface area contributed by atoms with E-state index >= 15 is 0 Å². The van der Waals surface area contributed by atoms with E-state index in [0.29, 0.717) is 0 Å². The van der Waals surface area contributed by atoms with E-state index in [2.05, 4.69) is 20.8 Å². The first-order valence-electron chi connectivity index (χ1n) is 5.63. The van der Waals surface area contributed by atoms with Crippen molar-refractivity contribution in [3.05, 3.63) is 0 Å². The van der Waals surface area contributed by atoms with Crippen molar-refractivity contribution in [3.63, 3.8) is 0 Å². The summed E-state index contributed by atoms with van der Waals surface area (Å²) in [5.74, 6) is 0.0585. The highest BCUT2D eigenvalue weighted by molar-refractivity contribution is 5.66. The highest BCUT2D eigenvalue weighted by Crippen LogP contribution is 2.63. The average molecular weight is 212 g/mol. The molecule has 2 bridgehead atoms. The molecule has 0 amide bonds. The van der Waals surface area contributed by atoms with E-state index in [1.807, 2.05) is 0 Å². The van der Waals surface area contributed by atoms with E-state index in [1.54, 1.807) is 0 Å². The number of carbonyl (C=O) groups is 1. The number of hydrogen-bond donors (Lipinski definition) is 1. The van der Waals surface area contributed by atoms with Gasteiger partial charge < -0.3 is 9.84 Å². The minimum atomic E-state index is -0.225. The zero-order valence-corrected chi connectivity index (χ0v) is 9.91. The molecule has 15 heavy (non-hydrogen) atoms. The monoisotopic (exact) mass is 212 g/mol. The standard InChI is InChI=1S/C12H20O3/c1-7(13)15-10-11(2,3)8-5-12(10,4)6-9(8)14/h8-10,14H,5-6H2,1-4H3. The Bertz CT molecular complexity index is 292. The van der Waals surface area contributed by atoms with Gasteiger partial charge in [0.25, 0.3) is 0 Å². The van der Waals surface area contributed by atoms with Crippen molar-refractivity contribution < 1.29 is 14.6 Å². The van der Waals surface area contributed by atoms with Gasteiger partial charge in [0, 0.05) is 17.8 Å². The number of rotatable bonds is 1. The molecule has 0 aromatic heterocycles. The van der Waals surface area contributed by atoms with Gasteiger partial charge in [-0.1, -0.05) is 20.8 Å². The predicted molar refractivity (Wildman–Crippen MR) is 56.2 cm³/mol. The Hall–Kier alpha value is -0.570. The predicted octanol–water partition coefficient (Wildman–Crippen LogP) is 1.74. The van der Waals surface area contributed by atoms with Crippen LogP contribution in [0, 0.1) is 16.7 Å². The topological polar surface area (TPSA) is 46.5 Å². The van der Waals surface area contributed by atoms with Crippen LogP contribution in [0.3, 0.4) is 0 Å². The van der Waals surface area contributed by atoms with Crippen LogP contribution in [-0.2, 0) is 9.53 Å². The molecule has 2 fully saturated rings. The maximum Gasteiger partial charge on any atom is 0.302 e. The van der Waals surface area contributed by atoms with Crippen LogP contribution in [0.25, 0.3) is 0 Å². The lowest BCUT2D eigenvalue weighted by atomic mass is 9.69. The molecule has 4 atom stereocenters. The van der Waals surface area contributed by atoms with Crippen LogP contribution in [0.4, 0.5) is 0 Å². The molecule has 4 unspecified atom stereocenters. The van der Waals surface area contributed by atoms with Gasteiger partial charge in [-0.2, -0.15) is 0 Å². The van der Waals surface area contributed by atoms with Gasteiger partial charge in [0.15, 0.2) is 0 Å². The van der Waals surface area contributed by atoms with E-state index in [9.17, 15) is 9.90 Å². The molecular formula is C12H20O3. The second-order valence-electron chi connectivity index (χ2n) is 6.05. The Balaban J connectivity index is 2.28. The molecule has 1 N–H and O–H groups in total. The number of ether oxygens (including phenoxy) is 1. The van der Waals surface area contributed by atoms with Crippen LogP contribution < -0.4 is 0 Å². The zero-order chi connectivity index (χ0) is 11.4. The van der Waals surface area contributed by atoms with Crippen LogP contribution in [0.15, 0.2) is 0 Å². The second-order valence-corrected chi connectivity index (χ2v) is 6.05. The molecule has 3 heteroatoms. The van der Waals surface area contributed by atoms with E-state index < -0.39 is 0 Å². The van der Waals surface area contributed by atoms with Gasteiger partial charge >= 0.3 is 5.97 Å². The molecule has 0 aromatic carbocycles. The first-order chi connectivity index (χ1) is 6.77. The Morgan fingerprint density at radius 2 is 1.93 bits per heavy atom. The Morgan fingerprint density at radius 3 is 2.33 bits per heavy atom. The molecule has 0 radical (unpaired) electrons. The second kappa shape index (κ2) is 2.97. The van der Waals surface area contributed by atoms with Crippen molar-refractivity contribution in [2.75, 3.05) is 0 Å². The maximum atomic E-state index is 11.1. The summed E-state index contributed by atoms with van der Waals surface area (Å²) in [6.07, 6.45) is 1.46. The van der Waals surface area contributed by atoms with E-state index in [0.717, 1.165) is 12.8 Å². The number of carbonyl (C=O) groups excluding carboxylic acids is 1.